The first-order valence-corrected chi connectivity index (χ1v) is 5.73. The summed E-state index contributed by atoms with van der Waals surface area (Å²) >= 11 is 0. The van der Waals surface area contributed by atoms with Crippen molar-refractivity contribution in [1.82, 2.24) is 20.1 Å². The third-order valence-corrected chi connectivity index (χ3v) is 2.65. The van der Waals surface area contributed by atoms with Gasteiger partial charge in [0.15, 0.2) is 0 Å². The van der Waals surface area contributed by atoms with Gasteiger partial charge in [-0.05, 0) is 27.7 Å². The second-order valence-electron chi connectivity index (χ2n) is 5.12. The van der Waals surface area contributed by atoms with Crippen LogP contribution in [0.2, 0.25) is 0 Å². The zero-order valence-electron chi connectivity index (χ0n) is 10.6. The third-order valence-electron chi connectivity index (χ3n) is 2.65. The van der Waals surface area contributed by atoms with E-state index in [0.717, 1.165) is 0 Å². The minimum absolute atomic E-state index is 0.0303. The van der Waals surface area contributed by atoms with Crippen LogP contribution in [0.25, 0.3) is 0 Å². The van der Waals surface area contributed by atoms with Crippen molar-refractivity contribution >= 4 is 5.91 Å². The Labute approximate surface area is 100 Å². The Bertz CT molecular complexity index is 427. The summed E-state index contributed by atoms with van der Waals surface area (Å²) in [6, 6.07) is 0. The van der Waals surface area contributed by atoms with Gasteiger partial charge in [0, 0.05) is 13.1 Å². The van der Waals surface area contributed by atoms with Crippen LogP contribution < -0.4 is 0 Å². The van der Waals surface area contributed by atoms with Crippen LogP contribution in [0.15, 0.2) is 0 Å². The number of aryl methyl sites for hydroxylation is 1. The van der Waals surface area contributed by atoms with Crippen LogP contribution in [-0.4, -0.2) is 50.8 Å². The fourth-order valence-corrected chi connectivity index (χ4v) is 2.19. The lowest BCUT2D eigenvalue weighted by Crippen LogP contribution is -2.54. The second-order valence-corrected chi connectivity index (χ2v) is 5.12. The molecule has 1 unspecified atom stereocenters. The Balaban J connectivity index is 2.14. The zero-order chi connectivity index (χ0) is 12.6. The van der Waals surface area contributed by atoms with E-state index in [1.54, 1.807) is 11.8 Å². The number of ether oxygens (including phenoxy) is 1. The average molecular weight is 238 g/mol. The normalized spacial score (nSPS) is 23.8. The molecule has 1 atom stereocenters. The highest BCUT2D eigenvalue weighted by atomic mass is 16.5. The van der Waals surface area contributed by atoms with Gasteiger partial charge in [-0.1, -0.05) is 0 Å². The standard InChI is InChI=1S/C11H18N4O2/c1-7-5-15(6-11(3,4)17-7)10(16)9-12-8(2)13-14-9/h7H,5-6H2,1-4H3,(H,12,13,14). The van der Waals surface area contributed by atoms with Crippen molar-refractivity contribution in [2.45, 2.75) is 39.4 Å². The Kier molecular flexibility index (Phi) is 2.91. The van der Waals surface area contributed by atoms with Gasteiger partial charge in [0.1, 0.15) is 5.82 Å². The van der Waals surface area contributed by atoms with Crippen LogP contribution in [-0.2, 0) is 4.74 Å². The molecule has 1 amide bonds. The van der Waals surface area contributed by atoms with E-state index in [9.17, 15) is 4.79 Å². The predicted molar refractivity (Wildman–Crippen MR) is 61.6 cm³/mol. The quantitative estimate of drug-likeness (QED) is 0.783. The number of amides is 1. The summed E-state index contributed by atoms with van der Waals surface area (Å²) in [4.78, 5) is 18.0. The van der Waals surface area contributed by atoms with Gasteiger partial charge in [0.2, 0.25) is 5.82 Å². The molecular formula is C11H18N4O2. The molecule has 0 aromatic carbocycles. The first kappa shape index (κ1) is 12.0. The SMILES string of the molecule is Cc1nc(C(=O)N2CC(C)OC(C)(C)C2)n[nH]1. The maximum absolute atomic E-state index is 12.2. The Hall–Kier alpha value is -1.43. The molecule has 0 saturated carbocycles. The number of rotatable bonds is 1. The third kappa shape index (κ3) is 2.63. The molecule has 94 valence electrons. The number of carbonyl (C=O) groups is 1. The number of aromatic nitrogens is 3. The molecule has 2 heterocycles. The van der Waals surface area contributed by atoms with Crippen LogP contribution in [0.4, 0.5) is 0 Å². The molecule has 0 spiro atoms. The fourth-order valence-electron chi connectivity index (χ4n) is 2.19. The van der Waals surface area contributed by atoms with E-state index >= 15 is 0 Å². The van der Waals surface area contributed by atoms with E-state index < -0.39 is 0 Å². The maximum atomic E-state index is 12.2. The lowest BCUT2D eigenvalue weighted by atomic mass is 10.1. The van der Waals surface area contributed by atoms with Gasteiger partial charge >= 0.3 is 0 Å². The molecule has 0 bridgehead atoms. The second kappa shape index (κ2) is 4.10. The molecule has 1 aromatic rings. The number of hydrogen-bond donors (Lipinski definition) is 1. The lowest BCUT2D eigenvalue weighted by Gasteiger charge is -2.41. The van der Waals surface area contributed by atoms with Gasteiger partial charge in [-0.25, -0.2) is 4.98 Å². The molecule has 0 radical (unpaired) electrons. The molecule has 1 N–H and O–H groups in total. The van der Waals surface area contributed by atoms with Crippen molar-refractivity contribution in [2.75, 3.05) is 13.1 Å². The van der Waals surface area contributed by atoms with Gasteiger partial charge in [-0.2, -0.15) is 0 Å². The Morgan fingerprint density at radius 3 is 2.82 bits per heavy atom. The summed E-state index contributed by atoms with van der Waals surface area (Å²) in [7, 11) is 0. The van der Waals surface area contributed by atoms with Gasteiger partial charge in [0.25, 0.3) is 5.91 Å². The van der Waals surface area contributed by atoms with Gasteiger partial charge in [0.05, 0.1) is 11.7 Å². The van der Waals surface area contributed by atoms with Crippen LogP contribution in [0.1, 0.15) is 37.2 Å². The topological polar surface area (TPSA) is 71.1 Å². The van der Waals surface area contributed by atoms with Crippen molar-refractivity contribution in [3.05, 3.63) is 11.6 Å². The molecule has 1 aliphatic heterocycles. The molecule has 1 saturated heterocycles. The molecule has 6 nitrogen and oxygen atoms in total. The molecular weight excluding hydrogens is 220 g/mol. The van der Waals surface area contributed by atoms with E-state index in [2.05, 4.69) is 15.2 Å². The van der Waals surface area contributed by atoms with E-state index in [4.69, 9.17) is 4.74 Å². The lowest BCUT2D eigenvalue weighted by molar-refractivity contribution is -0.119. The number of morpholine rings is 1. The first-order valence-electron chi connectivity index (χ1n) is 5.73. The predicted octanol–water partition coefficient (Wildman–Crippen LogP) is 0.753. The highest BCUT2D eigenvalue weighted by Gasteiger charge is 2.35. The largest absolute Gasteiger partial charge is 0.369 e. The summed E-state index contributed by atoms with van der Waals surface area (Å²) < 4.78 is 5.75. The summed E-state index contributed by atoms with van der Waals surface area (Å²) in [6.45, 7) is 8.83. The highest BCUT2D eigenvalue weighted by Crippen LogP contribution is 2.21. The van der Waals surface area contributed by atoms with Gasteiger partial charge in [-0.3, -0.25) is 9.89 Å². The van der Waals surface area contributed by atoms with Crippen molar-refractivity contribution in [3.63, 3.8) is 0 Å². The van der Waals surface area contributed by atoms with Crippen molar-refractivity contribution in [1.29, 1.82) is 0 Å². The molecule has 17 heavy (non-hydrogen) atoms. The number of aromatic amines is 1. The molecule has 1 fully saturated rings. The zero-order valence-corrected chi connectivity index (χ0v) is 10.6. The van der Waals surface area contributed by atoms with E-state index in [1.807, 2.05) is 20.8 Å². The van der Waals surface area contributed by atoms with Crippen LogP contribution in [0.5, 0.6) is 0 Å². The molecule has 6 heteroatoms. The van der Waals surface area contributed by atoms with Gasteiger partial charge < -0.3 is 9.64 Å². The average Bonchev–Trinajstić information content (AvgIpc) is 2.60. The summed E-state index contributed by atoms with van der Waals surface area (Å²) in [5.74, 6) is 0.735. The summed E-state index contributed by atoms with van der Waals surface area (Å²) in [6.07, 6.45) is 0.0303. The smallest absolute Gasteiger partial charge is 0.293 e. The summed E-state index contributed by atoms with van der Waals surface area (Å²) in [5.41, 5.74) is -0.321. The molecule has 1 aromatic heterocycles. The molecule has 2 rings (SSSR count). The van der Waals surface area contributed by atoms with E-state index in [0.29, 0.717) is 18.9 Å². The Morgan fingerprint density at radius 1 is 1.59 bits per heavy atom. The first-order chi connectivity index (χ1) is 7.87. The number of nitrogens with one attached hydrogen (secondary N) is 1. The van der Waals surface area contributed by atoms with E-state index in [-0.39, 0.29) is 23.4 Å². The van der Waals surface area contributed by atoms with Crippen molar-refractivity contribution < 1.29 is 9.53 Å². The monoisotopic (exact) mass is 238 g/mol. The van der Waals surface area contributed by atoms with Gasteiger partial charge in [-0.15, -0.1) is 5.10 Å². The Morgan fingerprint density at radius 2 is 2.29 bits per heavy atom. The number of nitrogens with zero attached hydrogens (tertiary/aromatic N) is 3. The fraction of sp³-hybridized carbons (Fsp3) is 0.727. The van der Waals surface area contributed by atoms with Crippen molar-refractivity contribution in [3.8, 4) is 0 Å². The van der Waals surface area contributed by atoms with Crippen LogP contribution >= 0.6 is 0 Å². The summed E-state index contributed by atoms with van der Waals surface area (Å²) in [5, 5.41) is 6.58. The maximum Gasteiger partial charge on any atom is 0.293 e. The van der Waals surface area contributed by atoms with Crippen LogP contribution in [0, 0.1) is 6.92 Å². The van der Waals surface area contributed by atoms with E-state index in [1.165, 1.54) is 0 Å². The van der Waals surface area contributed by atoms with Crippen molar-refractivity contribution in [2.24, 2.45) is 0 Å². The number of hydrogen-bond acceptors (Lipinski definition) is 4. The molecule has 1 aliphatic rings. The number of H-pyrrole nitrogens is 1. The van der Waals surface area contributed by atoms with Crippen LogP contribution in [0.3, 0.4) is 0 Å². The molecule has 0 aliphatic carbocycles. The minimum Gasteiger partial charge on any atom is -0.369 e. The highest BCUT2D eigenvalue weighted by molar-refractivity contribution is 5.90. The number of carbonyl (C=O) groups excluding carboxylic acids is 1. The minimum atomic E-state index is -0.321.